The van der Waals surface area contributed by atoms with Crippen LogP contribution in [0.15, 0.2) is 41.8 Å². The van der Waals surface area contributed by atoms with Gasteiger partial charge in [0.2, 0.25) is 5.88 Å². The first-order valence-corrected chi connectivity index (χ1v) is 12.5. The molecular weight excluding hydrogens is 424 g/mol. The van der Waals surface area contributed by atoms with Gasteiger partial charge in [0, 0.05) is 23.4 Å². The number of fused-ring (bicyclic) bond motifs is 1. The lowest BCUT2D eigenvalue weighted by Gasteiger charge is -2.32. The van der Waals surface area contributed by atoms with E-state index in [0.29, 0.717) is 29.2 Å². The number of aromatic nitrogens is 4. The second-order valence-corrected chi connectivity index (χ2v) is 10.6. The zero-order chi connectivity index (χ0) is 23.3. The van der Waals surface area contributed by atoms with E-state index in [-0.39, 0.29) is 0 Å². The molecule has 6 rings (SSSR count). The Bertz CT molecular complexity index is 1220. The molecule has 34 heavy (non-hydrogen) atoms. The summed E-state index contributed by atoms with van der Waals surface area (Å²) in [5.74, 6) is 4.06. The number of imidazole rings is 1. The predicted octanol–water partition coefficient (Wildman–Crippen LogP) is 5.47. The molecule has 2 aliphatic carbocycles. The summed E-state index contributed by atoms with van der Waals surface area (Å²) in [4.78, 5) is 21.2. The van der Waals surface area contributed by atoms with Crippen LogP contribution in [0.4, 0.5) is 11.5 Å². The van der Waals surface area contributed by atoms with Gasteiger partial charge in [0.05, 0.1) is 5.71 Å². The summed E-state index contributed by atoms with van der Waals surface area (Å²) >= 11 is 0. The summed E-state index contributed by atoms with van der Waals surface area (Å²) in [5.41, 5.74) is 10.6. The summed E-state index contributed by atoms with van der Waals surface area (Å²) in [6, 6.07) is 8.85. The number of nitrogen functional groups attached to an aromatic ring is 1. The van der Waals surface area contributed by atoms with Crippen molar-refractivity contribution >= 4 is 17.2 Å². The van der Waals surface area contributed by atoms with Crippen molar-refractivity contribution in [2.45, 2.75) is 76.2 Å². The molecule has 7 heteroatoms. The highest BCUT2D eigenvalue weighted by atomic mass is 16.5. The topological polar surface area (TPSA) is 102 Å². The number of hydrogen-bond acceptors (Lipinski definition) is 6. The van der Waals surface area contributed by atoms with Crippen molar-refractivity contribution < 1.29 is 4.74 Å². The lowest BCUT2D eigenvalue weighted by molar-refractivity contribution is 0.171. The van der Waals surface area contributed by atoms with Crippen LogP contribution in [0.3, 0.4) is 0 Å². The van der Waals surface area contributed by atoms with E-state index in [4.69, 9.17) is 15.5 Å². The molecule has 7 nitrogen and oxygen atoms in total. The number of hydrogen-bond donors (Lipinski definition) is 2. The van der Waals surface area contributed by atoms with Gasteiger partial charge in [-0.1, -0.05) is 24.3 Å². The van der Waals surface area contributed by atoms with E-state index in [1.165, 1.54) is 61.9 Å². The molecule has 3 heterocycles. The Morgan fingerprint density at radius 1 is 0.971 bits per heavy atom. The summed E-state index contributed by atoms with van der Waals surface area (Å²) in [6.07, 6.45) is 12.2. The molecule has 0 saturated heterocycles. The lowest BCUT2D eigenvalue weighted by atomic mass is 9.77. The van der Waals surface area contributed by atoms with Crippen molar-refractivity contribution in [2.75, 3.05) is 5.73 Å². The fraction of sp³-hybridized carbons (Fsp3) is 0.481. The Morgan fingerprint density at radius 3 is 2.44 bits per heavy atom. The summed E-state index contributed by atoms with van der Waals surface area (Å²) < 4.78 is 6.12. The quantitative estimate of drug-likeness (QED) is 0.530. The normalized spacial score (nSPS) is 23.6. The zero-order valence-electron chi connectivity index (χ0n) is 19.9. The molecule has 1 aliphatic heterocycles. The minimum Gasteiger partial charge on any atom is -0.463 e. The monoisotopic (exact) mass is 456 g/mol. The van der Waals surface area contributed by atoms with Crippen LogP contribution in [-0.2, 0) is 6.42 Å². The van der Waals surface area contributed by atoms with E-state index >= 15 is 0 Å². The maximum absolute atomic E-state index is 6.12. The maximum Gasteiger partial charge on any atom is 0.246 e. The molecule has 2 saturated carbocycles. The predicted molar refractivity (Wildman–Crippen MR) is 133 cm³/mol. The second-order valence-electron chi connectivity index (χ2n) is 10.6. The van der Waals surface area contributed by atoms with Crippen molar-refractivity contribution in [1.82, 2.24) is 19.9 Å². The summed E-state index contributed by atoms with van der Waals surface area (Å²) in [6.45, 7) is 4.02. The number of nitrogens with zero attached hydrogens (tertiary/aromatic N) is 4. The van der Waals surface area contributed by atoms with E-state index in [1.54, 1.807) is 0 Å². The highest BCUT2D eigenvalue weighted by Gasteiger charge is 2.35. The minimum absolute atomic E-state index is 0.338. The Balaban J connectivity index is 1.12. The van der Waals surface area contributed by atoms with Gasteiger partial charge in [-0.15, -0.1) is 0 Å². The number of aliphatic imine (C=N–C) groups is 1. The van der Waals surface area contributed by atoms with Crippen LogP contribution in [0.5, 0.6) is 5.88 Å². The standard InChI is InChI=1S/C27H32N6O/c1-27(2)23(33-22-24(28)30-15-31-26(22)34-27)19-9-7-18(8-10-19)17-5-3-16(4-6-17)13-21-14-29-25(32-21)20-11-12-20/h7-10,14-17,20H,3-6,11-13H2,1-2H3,(H,29,32)(H2,28,30,31)/t16-,17-. The maximum atomic E-state index is 6.12. The average molecular weight is 457 g/mol. The van der Waals surface area contributed by atoms with E-state index in [1.807, 2.05) is 13.8 Å². The van der Waals surface area contributed by atoms with Gasteiger partial charge in [-0.25, -0.2) is 15.0 Å². The molecule has 0 unspecified atom stereocenters. The van der Waals surface area contributed by atoms with Gasteiger partial charge in [-0.2, -0.15) is 4.98 Å². The molecule has 3 N–H and O–H groups in total. The van der Waals surface area contributed by atoms with Gasteiger partial charge in [-0.3, -0.25) is 0 Å². The number of H-pyrrole nitrogens is 1. The van der Waals surface area contributed by atoms with Crippen LogP contribution in [0.2, 0.25) is 0 Å². The molecule has 0 bridgehead atoms. The van der Waals surface area contributed by atoms with Crippen molar-refractivity contribution in [3.63, 3.8) is 0 Å². The minimum atomic E-state index is -0.598. The molecule has 1 aromatic carbocycles. The molecule has 0 atom stereocenters. The fourth-order valence-corrected chi connectivity index (χ4v) is 5.47. The van der Waals surface area contributed by atoms with Gasteiger partial charge in [0.15, 0.2) is 11.5 Å². The molecule has 2 fully saturated rings. The zero-order valence-corrected chi connectivity index (χ0v) is 19.9. The van der Waals surface area contributed by atoms with Crippen LogP contribution in [0.1, 0.15) is 86.9 Å². The van der Waals surface area contributed by atoms with Gasteiger partial charge >= 0.3 is 0 Å². The molecule has 3 aliphatic rings. The van der Waals surface area contributed by atoms with Crippen LogP contribution in [0.25, 0.3) is 0 Å². The first-order valence-electron chi connectivity index (χ1n) is 12.5. The number of anilines is 1. The molecular formula is C27H32N6O. The van der Waals surface area contributed by atoms with E-state index in [2.05, 4.69) is 50.4 Å². The third-order valence-corrected chi connectivity index (χ3v) is 7.59. The molecule has 0 radical (unpaired) electrons. The SMILES string of the molecule is CC1(C)Oc2ncnc(N)c2N=C1c1ccc([C@H]2CC[C@H](Cc3cnc(C4CC4)[nH]3)CC2)cc1. The Morgan fingerprint density at radius 2 is 1.71 bits per heavy atom. The molecule has 0 spiro atoms. The Hall–Kier alpha value is -3.22. The van der Waals surface area contributed by atoms with Crippen LogP contribution in [-0.4, -0.2) is 31.2 Å². The van der Waals surface area contributed by atoms with E-state index in [0.717, 1.165) is 23.6 Å². The number of nitrogens with two attached hydrogens (primary N) is 1. The van der Waals surface area contributed by atoms with Gasteiger partial charge in [-0.05, 0) is 76.2 Å². The number of benzene rings is 1. The highest BCUT2D eigenvalue weighted by Crippen LogP contribution is 2.41. The lowest BCUT2D eigenvalue weighted by Crippen LogP contribution is -2.41. The first-order chi connectivity index (χ1) is 16.5. The summed E-state index contributed by atoms with van der Waals surface area (Å²) in [5, 5.41) is 0. The van der Waals surface area contributed by atoms with Gasteiger partial charge in [0.1, 0.15) is 17.8 Å². The third-order valence-electron chi connectivity index (χ3n) is 7.59. The smallest absolute Gasteiger partial charge is 0.246 e. The Kier molecular flexibility index (Phi) is 5.15. The molecule has 3 aromatic rings. The van der Waals surface area contributed by atoms with Gasteiger partial charge in [0.25, 0.3) is 0 Å². The van der Waals surface area contributed by atoms with Crippen molar-refractivity contribution in [2.24, 2.45) is 10.9 Å². The molecule has 2 aromatic heterocycles. The first kappa shape index (κ1) is 21.3. The number of ether oxygens (including phenoxy) is 1. The van der Waals surface area contributed by atoms with Gasteiger partial charge < -0.3 is 15.5 Å². The fourth-order valence-electron chi connectivity index (χ4n) is 5.47. The highest BCUT2D eigenvalue weighted by molar-refractivity contribution is 6.09. The largest absolute Gasteiger partial charge is 0.463 e. The number of nitrogens with one attached hydrogen (secondary N) is 1. The van der Waals surface area contributed by atoms with Crippen LogP contribution in [0, 0.1) is 5.92 Å². The number of aromatic amines is 1. The number of rotatable bonds is 5. The van der Waals surface area contributed by atoms with Crippen LogP contribution >= 0.6 is 0 Å². The summed E-state index contributed by atoms with van der Waals surface area (Å²) in [7, 11) is 0. The average Bonchev–Trinajstić information content (AvgIpc) is 3.58. The second kappa shape index (κ2) is 8.22. The van der Waals surface area contributed by atoms with Crippen molar-refractivity contribution in [3.05, 3.63) is 59.4 Å². The van der Waals surface area contributed by atoms with E-state index < -0.39 is 5.60 Å². The molecule has 0 amide bonds. The third kappa shape index (κ3) is 4.08. The molecule has 176 valence electrons. The van der Waals surface area contributed by atoms with Crippen LogP contribution < -0.4 is 10.5 Å². The Labute approximate surface area is 200 Å². The van der Waals surface area contributed by atoms with Crippen molar-refractivity contribution in [3.8, 4) is 5.88 Å². The van der Waals surface area contributed by atoms with Crippen molar-refractivity contribution in [1.29, 1.82) is 0 Å². The van der Waals surface area contributed by atoms with E-state index in [9.17, 15) is 0 Å².